The highest BCUT2D eigenvalue weighted by atomic mass is 32.2. The van der Waals surface area contributed by atoms with Crippen molar-refractivity contribution in [3.8, 4) is 0 Å². The quantitative estimate of drug-likeness (QED) is 0.617. The second-order valence-corrected chi connectivity index (χ2v) is 4.35. The van der Waals surface area contributed by atoms with Crippen molar-refractivity contribution in [2.75, 3.05) is 18.6 Å². The van der Waals surface area contributed by atoms with Gasteiger partial charge in [-0.3, -0.25) is 4.79 Å². The number of carboxylic acids is 1. The maximum absolute atomic E-state index is 10.7. The molecule has 0 bridgehead atoms. The van der Waals surface area contributed by atoms with Crippen molar-refractivity contribution in [2.45, 2.75) is 26.3 Å². The van der Waals surface area contributed by atoms with E-state index in [1.807, 2.05) is 13.8 Å². The smallest absolute Gasteiger partial charge is 0.320 e. The largest absolute Gasteiger partial charge is 0.480 e. The number of thioether (sulfide) groups is 1. The van der Waals surface area contributed by atoms with Gasteiger partial charge in [0.2, 0.25) is 0 Å². The van der Waals surface area contributed by atoms with Crippen LogP contribution in [0.4, 0.5) is 0 Å². The van der Waals surface area contributed by atoms with E-state index in [0.29, 0.717) is 0 Å². The Morgan fingerprint density at radius 3 is 2.54 bits per heavy atom. The normalized spacial score (nSPS) is 13.2. The van der Waals surface area contributed by atoms with Gasteiger partial charge in [-0.2, -0.15) is 11.8 Å². The minimum absolute atomic E-state index is 0.145. The molecule has 0 aromatic heterocycles. The van der Waals surface area contributed by atoms with Crippen molar-refractivity contribution in [1.29, 1.82) is 0 Å². The molecular formula is C9H19NO2S. The van der Waals surface area contributed by atoms with Crippen LogP contribution in [0, 0.1) is 5.92 Å². The molecule has 1 atom stereocenters. The third kappa shape index (κ3) is 5.93. The molecule has 0 aliphatic rings. The fraction of sp³-hybridized carbons (Fsp3) is 0.889. The maximum Gasteiger partial charge on any atom is 0.320 e. The number of rotatable bonds is 7. The molecule has 0 heterocycles. The molecule has 0 aromatic carbocycles. The molecule has 0 saturated carbocycles. The highest BCUT2D eigenvalue weighted by Gasteiger charge is 2.19. The van der Waals surface area contributed by atoms with Crippen LogP contribution in [0.25, 0.3) is 0 Å². The van der Waals surface area contributed by atoms with E-state index in [0.717, 1.165) is 18.7 Å². The first-order valence-electron chi connectivity index (χ1n) is 4.54. The molecule has 0 fully saturated rings. The molecule has 0 rings (SSSR count). The van der Waals surface area contributed by atoms with Crippen molar-refractivity contribution in [3.63, 3.8) is 0 Å². The molecule has 2 N–H and O–H groups in total. The average molecular weight is 205 g/mol. The molecule has 0 aliphatic carbocycles. The number of carboxylic acid groups (broad SMARTS) is 1. The van der Waals surface area contributed by atoms with Gasteiger partial charge >= 0.3 is 5.97 Å². The van der Waals surface area contributed by atoms with Gasteiger partial charge < -0.3 is 10.4 Å². The third-order valence-electron chi connectivity index (χ3n) is 1.82. The van der Waals surface area contributed by atoms with Crippen molar-refractivity contribution in [3.05, 3.63) is 0 Å². The topological polar surface area (TPSA) is 49.3 Å². The first kappa shape index (κ1) is 12.8. The summed E-state index contributed by atoms with van der Waals surface area (Å²) in [6.45, 7) is 4.62. The van der Waals surface area contributed by atoms with E-state index in [9.17, 15) is 4.79 Å². The molecule has 0 radical (unpaired) electrons. The highest BCUT2D eigenvalue weighted by Crippen LogP contribution is 2.02. The minimum Gasteiger partial charge on any atom is -0.480 e. The van der Waals surface area contributed by atoms with Crippen molar-refractivity contribution < 1.29 is 9.90 Å². The summed E-state index contributed by atoms with van der Waals surface area (Å²) in [6, 6.07) is -0.401. The van der Waals surface area contributed by atoms with Crippen molar-refractivity contribution in [2.24, 2.45) is 5.92 Å². The van der Waals surface area contributed by atoms with E-state index in [2.05, 4.69) is 11.6 Å². The Morgan fingerprint density at radius 1 is 1.54 bits per heavy atom. The summed E-state index contributed by atoms with van der Waals surface area (Å²) in [7, 11) is 0. The van der Waals surface area contributed by atoms with Gasteiger partial charge in [0.1, 0.15) is 6.04 Å². The molecule has 0 spiro atoms. The number of aliphatic carboxylic acids is 1. The van der Waals surface area contributed by atoms with Crippen LogP contribution in [-0.4, -0.2) is 35.7 Å². The van der Waals surface area contributed by atoms with Gasteiger partial charge in [-0.15, -0.1) is 0 Å². The summed E-state index contributed by atoms with van der Waals surface area (Å²) in [5.74, 6) is 0.475. The Balaban J connectivity index is 3.64. The molecule has 0 aliphatic heterocycles. The molecule has 0 saturated heterocycles. The predicted octanol–water partition coefficient (Wildman–Crippen LogP) is 1.44. The van der Waals surface area contributed by atoms with E-state index in [4.69, 9.17) is 5.11 Å². The Morgan fingerprint density at radius 2 is 2.15 bits per heavy atom. The number of hydrogen-bond donors (Lipinski definition) is 2. The van der Waals surface area contributed by atoms with E-state index in [1.165, 1.54) is 0 Å². The van der Waals surface area contributed by atoms with E-state index >= 15 is 0 Å². The Labute approximate surface area is 84.3 Å². The van der Waals surface area contributed by atoms with Crippen LogP contribution in [0.3, 0.4) is 0 Å². The van der Waals surface area contributed by atoms with Crippen molar-refractivity contribution >= 4 is 17.7 Å². The molecule has 0 amide bonds. The zero-order valence-electron chi connectivity index (χ0n) is 8.54. The Bertz CT molecular complexity index is 151. The summed E-state index contributed by atoms with van der Waals surface area (Å²) in [6.07, 6.45) is 3.08. The Kier molecular flexibility index (Phi) is 7.09. The fourth-order valence-corrected chi connectivity index (χ4v) is 1.52. The van der Waals surface area contributed by atoms with E-state index in [-0.39, 0.29) is 5.92 Å². The first-order valence-corrected chi connectivity index (χ1v) is 5.94. The van der Waals surface area contributed by atoms with Gasteiger partial charge in [-0.05, 0) is 30.9 Å². The molecule has 78 valence electrons. The molecule has 1 unspecified atom stereocenters. The van der Waals surface area contributed by atoms with Gasteiger partial charge in [-0.25, -0.2) is 0 Å². The average Bonchev–Trinajstić information content (AvgIpc) is 2.02. The molecule has 3 nitrogen and oxygen atoms in total. The fourth-order valence-electron chi connectivity index (χ4n) is 1.08. The minimum atomic E-state index is -0.751. The van der Waals surface area contributed by atoms with Gasteiger partial charge in [0.05, 0.1) is 0 Å². The van der Waals surface area contributed by atoms with Crippen molar-refractivity contribution in [1.82, 2.24) is 5.32 Å². The zero-order chi connectivity index (χ0) is 10.3. The second-order valence-electron chi connectivity index (χ2n) is 3.36. The zero-order valence-corrected chi connectivity index (χ0v) is 9.36. The molecule has 13 heavy (non-hydrogen) atoms. The summed E-state index contributed by atoms with van der Waals surface area (Å²) in [5.41, 5.74) is 0. The maximum atomic E-state index is 10.7. The standard InChI is InChI=1S/C9H19NO2S/c1-7(2)8(9(11)12)10-5-4-6-13-3/h7-8,10H,4-6H2,1-3H3,(H,11,12). The molecular weight excluding hydrogens is 186 g/mol. The summed E-state index contributed by atoms with van der Waals surface area (Å²) >= 11 is 1.78. The van der Waals surface area contributed by atoms with Crippen LogP contribution in [0.1, 0.15) is 20.3 Å². The van der Waals surface area contributed by atoms with E-state index in [1.54, 1.807) is 11.8 Å². The summed E-state index contributed by atoms with van der Waals surface area (Å²) in [4.78, 5) is 10.7. The summed E-state index contributed by atoms with van der Waals surface area (Å²) in [5, 5.41) is 11.9. The lowest BCUT2D eigenvalue weighted by molar-refractivity contribution is -0.140. The monoisotopic (exact) mass is 205 g/mol. The number of nitrogens with one attached hydrogen (secondary N) is 1. The number of carbonyl (C=O) groups is 1. The van der Waals surface area contributed by atoms with Gasteiger partial charge in [0.15, 0.2) is 0 Å². The van der Waals surface area contributed by atoms with Crippen LogP contribution in [0.5, 0.6) is 0 Å². The van der Waals surface area contributed by atoms with Crippen LogP contribution < -0.4 is 5.32 Å². The van der Waals surface area contributed by atoms with Crippen LogP contribution in [0.15, 0.2) is 0 Å². The second kappa shape index (κ2) is 7.21. The Hall–Kier alpha value is -0.220. The van der Waals surface area contributed by atoms with Gasteiger partial charge in [0.25, 0.3) is 0 Å². The van der Waals surface area contributed by atoms with Crippen LogP contribution in [-0.2, 0) is 4.79 Å². The lowest BCUT2D eigenvalue weighted by atomic mass is 10.1. The predicted molar refractivity (Wildman–Crippen MR) is 57.3 cm³/mol. The third-order valence-corrected chi connectivity index (χ3v) is 2.52. The number of hydrogen-bond acceptors (Lipinski definition) is 3. The van der Waals surface area contributed by atoms with Gasteiger partial charge in [-0.1, -0.05) is 13.8 Å². The lowest BCUT2D eigenvalue weighted by Crippen LogP contribution is -2.41. The SMILES string of the molecule is CSCCCNC(C(=O)O)C(C)C. The van der Waals surface area contributed by atoms with Crippen LogP contribution in [0.2, 0.25) is 0 Å². The summed E-state index contributed by atoms with van der Waals surface area (Å²) < 4.78 is 0. The van der Waals surface area contributed by atoms with E-state index < -0.39 is 12.0 Å². The first-order chi connectivity index (χ1) is 6.09. The highest BCUT2D eigenvalue weighted by molar-refractivity contribution is 7.98. The molecule has 4 heteroatoms. The molecule has 0 aromatic rings. The van der Waals surface area contributed by atoms with Crippen LogP contribution >= 0.6 is 11.8 Å². The van der Waals surface area contributed by atoms with Gasteiger partial charge in [0, 0.05) is 0 Å². The lowest BCUT2D eigenvalue weighted by Gasteiger charge is -2.17.